The van der Waals surface area contributed by atoms with Crippen LogP contribution in [0, 0.1) is 13.8 Å². The summed E-state index contributed by atoms with van der Waals surface area (Å²) in [6.07, 6.45) is 3.48. The number of hydrogen-bond donors (Lipinski definition) is 1. The van der Waals surface area contributed by atoms with Gasteiger partial charge in [-0.1, -0.05) is 12.1 Å². The Bertz CT molecular complexity index is 944. The molecule has 0 atom stereocenters. The number of aromatic nitrogens is 3. The van der Waals surface area contributed by atoms with E-state index in [0.29, 0.717) is 11.6 Å². The maximum atomic E-state index is 12.6. The van der Waals surface area contributed by atoms with Crippen molar-refractivity contribution in [2.45, 2.75) is 32.6 Å². The molecule has 1 saturated heterocycles. The van der Waals surface area contributed by atoms with Crippen LogP contribution in [0.3, 0.4) is 0 Å². The zero-order valence-electron chi connectivity index (χ0n) is 16.1. The van der Waals surface area contributed by atoms with Crippen LogP contribution in [0.1, 0.15) is 45.5 Å². The molecule has 1 aliphatic rings. The van der Waals surface area contributed by atoms with Crippen molar-refractivity contribution in [3.63, 3.8) is 0 Å². The molecule has 0 aromatic carbocycles. The summed E-state index contributed by atoms with van der Waals surface area (Å²) in [4.78, 5) is 29.2. The second-order valence-electron chi connectivity index (χ2n) is 7.01. The fourth-order valence-corrected chi connectivity index (χ4v) is 4.24. The fourth-order valence-electron chi connectivity index (χ4n) is 3.41. The monoisotopic (exact) mass is 393 g/mol. The zero-order valence-corrected chi connectivity index (χ0v) is 16.9. The Morgan fingerprint density at radius 1 is 1.11 bits per heavy atom. The van der Waals surface area contributed by atoms with E-state index in [4.69, 9.17) is 4.98 Å². The Hall–Kier alpha value is -2.80. The number of aryl methyl sites for hydroxylation is 2. The minimum Gasteiger partial charge on any atom is -0.337 e. The molecule has 0 radical (unpaired) electrons. The summed E-state index contributed by atoms with van der Waals surface area (Å²) in [5.41, 5.74) is 2.63. The number of hydrogen-bond acceptors (Lipinski definition) is 6. The number of thiazole rings is 1. The van der Waals surface area contributed by atoms with Crippen molar-refractivity contribution >= 4 is 28.2 Å². The second kappa shape index (κ2) is 8.06. The third kappa shape index (κ3) is 4.04. The predicted molar refractivity (Wildman–Crippen MR) is 111 cm³/mol. The highest BCUT2D eigenvalue weighted by molar-refractivity contribution is 7.15. The SMILES string of the molecule is Cc1nc(Nc2cccc(C3CCN(C(=O)c4ccccn4)CC3)n2)sc1C. The van der Waals surface area contributed by atoms with Crippen LogP contribution in [-0.4, -0.2) is 38.8 Å². The summed E-state index contributed by atoms with van der Waals surface area (Å²) >= 11 is 1.64. The molecule has 6 nitrogen and oxygen atoms in total. The highest BCUT2D eigenvalue weighted by Crippen LogP contribution is 2.29. The van der Waals surface area contributed by atoms with Gasteiger partial charge in [0.1, 0.15) is 11.5 Å². The van der Waals surface area contributed by atoms with E-state index in [1.54, 1.807) is 23.6 Å². The van der Waals surface area contributed by atoms with Crippen LogP contribution in [0.5, 0.6) is 0 Å². The number of carbonyl (C=O) groups excluding carboxylic acids is 1. The van der Waals surface area contributed by atoms with Gasteiger partial charge in [0.15, 0.2) is 5.13 Å². The number of rotatable bonds is 4. The molecule has 0 bridgehead atoms. The first-order chi connectivity index (χ1) is 13.6. The summed E-state index contributed by atoms with van der Waals surface area (Å²) in [7, 11) is 0. The van der Waals surface area contributed by atoms with Gasteiger partial charge < -0.3 is 10.2 Å². The minimum atomic E-state index is 0.0111. The Morgan fingerprint density at radius 2 is 1.93 bits per heavy atom. The van der Waals surface area contributed by atoms with E-state index in [1.807, 2.05) is 36.1 Å². The molecule has 0 unspecified atom stereocenters. The van der Waals surface area contributed by atoms with Gasteiger partial charge in [-0.3, -0.25) is 9.78 Å². The Morgan fingerprint density at radius 3 is 2.61 bits per heavy atom. The van der Waals surface area contributed by atoms with Crippen LogP contribution < -0.4 is 5.32 Å². The van der Waals surface area contributed by atoms with Crippen molar-refractivity contribution in [2.24, 2.45) is 0 Å². The first kappa shape index (κ1) is 18.6. The van der Waals surface area contributed by atoms with Crippen molar-refractivity contribution in [3.8, 4) is 0 Å². The van der Waals surface area contributed by atoms with Gasteiger partial charge in [-0.15, -0.1) is 11.3 Å². The van der Waals surface area contributed by atoms with Crippen LogP contribution in [0.4, 0.5) is 10.9 Å². The van der Waals surface area contributed by atoms with Gasteiger partial charge in [-0.25, -0.2) is 9.97 Å². The predicted octanol–water partition coefficient (Wildman–Crippen LogP) is 4.31. The molecule has 3 aromatic rings. The lowest BCUT2D eigenvalue weighted by Gasteiger charge is -2.31. The summed E-state index contributed by atoms with van der Waals surface area (Å²) in [6, 6.07) is 11.5. The van der Waals surface area contributed by atoms with E-state index in [2.05, 4.69) is 28.3 Å². The third-order valence-corrected chi connectivity index (χ3v) is 6.11. The number of pyridine rings is 2. The highest BCUT2D eigenvalue weighted by Gasteiger charge is 2.26. The molecule has 0 aliphatic carbocycles. The standard InChI is InChI=1S/C21H23N5OS/c1-14-15(2)28-21(23-14)25-19-8-5-7-17(24-19)16-9-12-26(13-10-16)20(27)18-6-3-4-11-22-18/h3-8,11,16H,9-10,12-13H2,1-2H3,(H,23,24,25). The molecule has 4 heterocycles. The van der Waals surface area contributed by atoms with Crippen molar-refractivity contribution in [2.75, 3.05) is 18.4 Å². The number of nitrogens with zero attached hydrogens (tertiary/aromatic N) is 4. The average molecular weight is 394 g/mol. The number of amides is 1. The molecule has 0 spiro atoms. The van der Waals surface area contributed by atoms with Gasteiger partial charge >= 0.3 is 0 Å². The molecule has 1 N–H and O–H groups in total. The van der Waals surface area contributed by atoms with E-state index in [1.165, 1.54) is 4.88 Å². The van der Waals surface area contributed by atoms with Gasteiger partial charge in [0, 0.05) is 35.8 Å². The van der Waals surface area contributed by atoms with Crippen molar-refractivity contribution in [1.82, 2.24) is 19.9 Å². The molecular formula is C21H23N5OS. The van der Waals surface area contributed by atoms with Gasteiger partial charge in [-0.05, 0) is 51.0 Å². The average Bonchev–Trinajstić information content (AvgIpc) is 3.05. The molecule has 1 amide bonds. The van der Waals surface area contributed by atoms with E-state index in [9.17, 15) is 4.79 Å². The summed E-state index contributed by atoms with van der Waals surface area (Å²) in [5.74, 6) is 1.18. The molecule has 3 aromatic heterocycles. The first-order valence-corrected chi connectivity index (χ1v) is 10.3. The molecule has 144 valence electrons. The molecule has 28 heavy (non-hydrogen) atoms. The Balaban J connectivity index is 1.40. The van der Waals surface area contributed by atoms with E-state index >= 15 is 0 Å². The van der Waals surface area contributed by atoms with E-state index < -0.39 is 0 Å². The first-order valence-electron chi connectivity index (χ1n) is 9.48. The molecule has 1 aliphatic heterocycles. The summed E-state index contributed by atoms with van der Waals surface area (Å²) < 4.78 is 0. The number of carbonyl (C=O) groups is 1. The summed E-state index contributed by atoms with van der Waals surface area (Å²) in [6.45, 7) is 5.54. The number of anilines is 2. The minimum absolute atomic E-state index is 0.0111. The zero-order chi connectivity index (χ0) is 19.5. The summed E-state index contributed by atoms with van der Waals surface area (Å²) in [5, 5.41) is 4.19. The Labute approximate surface area is 168 Å². The molecular weight excluding hydrogens is 370 g/mol. The topological polar surface area (TPSA) is 71.0 Å². The normalized spacial score (nSPS) is 14.9. The fraction of sp³-hybridized carbons (Fsp3) is 0.333. The number of nitrogens with one attached hydrogen (secondary N) is 1. The van der Waals surface area contributed by atoms with Crippen LogP contribution in [-0.2, 0) is 0 Å². The van der Waals surface area contributed by atoms with Crippen molar-refractivity contribution in [1.29, 1.82) is 0 Å². The lowest BCUT2D eigenvalue weighted by Crippen LogP contribution is -2.38. The number of likely N-dealkylation sites (tertiary alicyclic amines) is 1. The van der Waals surface area contributed by atoms with Gasteiger partial charge in [0.25, 0.3) is 5.91 Å². The third-order valence-electron chi connectivity index (χ3n) is 5.12. The van der Waals surface area contributed by atoms with E-state index in [0.717, 1.165) is 48.3 Å². The van der Waals surface area contributed by atoms with Gasteiger partial charge in [0.05, 0.1) is 5.69 Å². The maximum absolute atomic E-state index is 12.6. The molecule has 4 rings (SSSR count). The van der Waals surface area contributed by atoms with Crippen LogP contribution in [0.15, 0.2) is 42.6 Å². The van der Waals surface area contributed by atoms with Crippen LogP contribution in [0.2, 0.25) is 0 Å². The highest BCUT2D eigenvalue weighted by atomic mass is 32.1. The largest absolute Gasteiger partial charge is 0.337 e. The van der Waals surface area contributed by atoms with Crippen LogP contribution >= 0.6 is 11.3 Å². The Kier molecular flexibility index (Phi) is 5.34. The van der Waals surface area contributed by atoms with E-state index in [-0.39, 0.29) is 5.91 Å². The van der Waals surface area contributed by atoms with Crippen molar-refractivity contribution in [3.05, 3.63) is 64.6 Å². The molecule has 0 saturated carbocycles. The van der Waals surface area contributed by atoms with Crippen molar-refractivity contribution < 1.29 is 4.79 Å². The van der Waals surface area contributed by atoms with Gasteiger partial charge in [-0.2, -0.15) is 0 Å². The molecule has 7 heteroatoms. The maximum Gasteiger partial charge on any atom is 0.272 e. The van der Waals surface area contributed by atoms with Gasteiger partial charge in [0.2, 0.25) is 0 Å². The lowest BCUT2D eigenvalue weighted by molar-refractivity contribution is 0.0706. The lowest BCUT2D eigenvalue weighted by atomic mass is 9.93. The van der Waals surface area contributed by atoms with Crippen LogP contribution in [0.25, 0.3) is 0 Å². The smallest absolute Gasteiger partial charge is 0.272 e. The number of piperidine rings is 1. The second-order valence-corrected chi connectivity index (χ2v) is 8.22. The molecule has 1 fully saturated rings. The quantitative estimate of drug-likeness (QED) is 0.715.